The van der Waals surface area contributed by atoms with Crippen LogP contribution in [0.25, 0.3) is 22.3 Å². The largest absolute Gasteiger partial charge is 0.346 e. The molecule has 1 fully saturated rings. The van der Waals surface area contributed by atoms with Gasteiger partial charge in [0.15, 0.2) is 0 Å². The molecule has 1 aliphatic heterocycles. The van der Waals surface area contributed by atoms with Crippen LogP contribution < -0.4 is 0 Å². The van der Waals surface area contributed by atoms with Crippen molar-refractivity contribution in [1.82, 2.24) is 29.0 Å². The van der Waals surface area contributed by atoms with Gasteiger partial charge in [-0.1, -0.05) is 0 Å². The fourth-order valence-corrected chi connectivity index (χ4v) is 4.91. The lowest BCUT2D eigenvalue weighted by Crippen LogP contribution is -2.48. The summed E-state index contributed by atoms with van der Waals surface area (Å²) in [6.07, 6.45) is 8.32. The Balaban J connectivity index is 1.66. The number of hydrogen-bond donors (Lipinski definition) is 1. The van der Waals surface area contributed by atoms with Gasteiger partial charge in [-0.25, -0.2) is 22.7 Å². The molecular formula is C18H21N7O2S. The van der Waals surface area contributed by atoms with E-state index in [0.29, 0.717) is 25.9 Å². The number of rotatable bonds is 5. The average molecular weight is 399 g/mol. The summed E-state index contributed by atoms with van der Waals surface area (Å²) in [5.41, 5.74) is 1.85. The molecule has 9 nitrogen and oxygen atoms in total. The van der Waals surface area contributed by atoms with Gasteiger partial charge in [0.05, 0.1) is 35.7 Å². The van der Waals surface area contributed by atoms with Crippen LogP contribution >= 0.6 is 0 Å². The predicted molar refractivity (Wildman–Crippen MR) is 104 cm³/mol. The van der Waals surface area contributed by atoms with Crippen LogP contribution in [0.2, 0.25) is 0 Å². The number of aromatic amines is 1. The number of piperidine rings is 1. The number of sulfonamides is 1. The molecule has 0 saturated carbocycles. The van der Waals surface area contributed by atoms with Crippen molar-refractivity contribution < 1.29 is 8.42 Å². The molecule has 4 rings (SSSR count). The zero-order valence-corrected chi connectivity index (χ0v) is 16.4. The molecule has 0 aliphatic carbocycles. The fraction of sp³-hybridized carbons (Fsp3) is 0.444. The SMILES string of the molecule is CCS(=O)(=O)N1CCC(CC#N)(n2cc(-c3ncnc4[nH]ccc34)cn2)CC1. The number of aromatic nitrogens is 5. The van der Waals surface area contributed by atoms with Crippen molar-refractivity contribution in [3.8, 4) is 17.3 Å². The van der Waals surface area contributed by atoms with Gasteiger partial charge >= 0.3 is 0 Å². The van der Waals surface area contributed by atoms with E-state index in [4.69, 9.17) is 0 Å². The number of nitrogens with zero attached hydrogens (tertiary/aromatic N) is 6. The Bertz CT molecular complexity index is 1130. The maximum Gasteiger partial charge on any atom is 0.213 e. The van der Waals surface area contributed by atoms with Gasteiger partial charge in [0.1, 0.15) is 12.0 Å². The average Bonchev–Trinajstić information content (AvgIpc) is 3.38. The predicted octanol–water partition coefficient (Wildman–Crippen LogP) is 1.88. The van der Waals surface area contributed by atoms with E-state index >= 15 is 0 Å². The molecule has 10 heteroatoms. The molecule has 1 aliphatic rings. The molecule has 146 valence electrons. The Labute approximate surface area is 163 Å². The maximum absolute atomic E-state index is 12.2. The number of nitrogens with one attached hydrogen (secondary N) is 1. The minimum absolute atomic E-state index is 0.0878. The highest BCUT2D eigenvalue weighted by Crippen LogP contribution is 2.35. The van der Waals surface area contributed by atoms with Crippen molar-refractivity contribution in [3.05, 3.63) is 31.0 Å². The van der Waals surface area contributed by atoms with Crippen LogP contribution in [-0.4, -0.2) is 56.3 Å². The Morgan fingerprint density at radius 2 is 2.11 bits per heavy atom. The number of nitriles is 1. The summed E-state index contributed by atoms with van der Waals surface area (Å²) in [7, 11) is -3.22. The lowest BCUT2D eigenvalue weighted by atomic mass is 9.85. The fourth-order valence-electron chi connectivity index (χ4n) is 3.80. The van der Waals surface area contributed by atoms with E-state index in [0.717, 1.165) is 22.3 Å². The molecule has 1 N–H and O–H groups in total. The first kappa shape index (κ1) is 18.6. The second kappa shape index (κ2) is 7.00. The summed E-state index contributed by atoms with van der Waals surface area (Å²) in [4.78, 5) is 11.7. The summed E-state index contributed by atoms with van der Waals surface area (Å²) in [6, 6.07) is 4.18. The molecule has 0 radical (unpaired) electrons. The minimum Gasteiger partial charge on any atom is -0.346 e. The quantitative estimate of drug-likeness (QED) is 0.699. The third-order valence-corrected chi connectivity index (χ3v) is 7.40. The van der Waals surface area contributed by atoms with Gasteiger partial charge in [0, 0.05) is 36.4 Å². The van der Waals surface area contributed by atoms with Gasteiger partial charge in [-0.2, -0.15) is 10.4 Å². The molecule has 0 unspecified atom stereocenters. The van der Waals surface area contributed by atoms with Crippen LogP contribution in [0.3, 0.4) is 0 Å². The molecule has 3 aromatic rings. The molecule has 1 saturated heterocycles. The van der Waals surface area contributed by atoms with Gasteiger partial charge < -0.3 is 4.98 Å². The lowest BCUT2D eigenvalue weighted by molar-refractivity contribution is 0.148. The van der Waals surface area contributed by atoms with Crippen molar-refractivity contribution in [1.29, 1.82) is 5.26 Å². The molecule has 0 bridgehead atoms. The Kier molecular flexibility index (Phi) is 4.64. The van der Waals surface area contributed by atoms with Crippen molar-refractivity contribution in [2.24, 2.45) is 0 Å². The molecule has 28 heavy (non-hydrogen) atoms. The second-order valence-electron chi connectivity index (χ2n) is 6.99. The smallest absolute Gasteiger partial charge is 0.213 e. The lowest BCUT2D eigenvalue weighted by Gasteiger charge is -2.40. The van der Waals surface area contributed by atoms with Crippen LogP contribution in [0.15, 0.2) is 31.0 Å². The number of H-pyrrole nitrogens is 1. The highest BCUT2D eigenvalue weighted by atomic mass is 32.2. The van der Waals surface area contributed by atoms with Gasteiger partial charge in [-0.05, 0) is 25.8 Å². The van der Waals surface area contributed by atoms with Gasteiger partial charge in [0.2, 0.25) is 10.0 Å². The molecule has 3 aromatic heterocycles. The molecule has 0 atom stereocenters. The number of fused-ring (bicyclic) bond motifs is 1. The summed E-state index contributed by atoms with van der Waals surface area (Å²) in [6.45, 7) is 2.43. The number of hydrogen-bond acceptors (Lipinski definition) is 6. The zero-order chi connectivity index (χ0) is 19.8. The molecule has 0 amide bonds. The van der Waals surface area contributed by atoms with E-state index in [1.807, 2.05) is 23.1 Å². The van der Waals surface area contributed by atoms with Crippen LogP contribution in [0.5, 0.6) is 0 Å². The zero-order valence-electron chi connectivity index (χ0n) is 15.5. The maximum atomic E-state index is 12.2. The van der Waals surface area contributed by atoms with E-state index in [1.54, 1.807) is 13.1 Å². The topological polar surface area (TPSA) is 121 Å². The molecule has 4 heterocycles. The molecule has 0 spiro atoms. The molecular weight excluding hydrogens is 378 g/mol. The summed E-state index contributed by atoms with van der Waals surface area (Å²) in [5.74, 6) is 0.0878. The van der Waals surface area contributed by atoms with Gasteiger partial charge in [-0.15, -0.1) is 0 Å². The van der Waals surface area contributed by atoms with Crippen molar-refractivity contribution >= 4 is 21.1 Å². The third-order valence-electron chi connectivity index (χ3n) is 5.52. The highest BCUT2D eigenvalue weighted by molar-refractivity contribution is 7.89. The summed E-state index contributed by atoms with van der Waals surface area (Å²) in [5, 5.41) is 14.8. The van der Waals surface area contributed by atoms with Crippen LogP contribution in [0.1, 0.15) is 26.2 Å². The van der Waals surface area contributed by atoms with Crippen molar-refractivity contribution in [3.63, 3.8) is 0 Å². The van der Waals surface area contributed by atoms with Crippen molar-refractivity contribution in [2.45, 2.75) is 31.7 Å². The standard InChI is InChI=1S/C18H21N7O2S/c1-2-28(26,27)24-9-5-18(4-7-19,6-10-24)25-12-14(11-23-25)16-15-3-8-20-17(15)22-13-21-16/h3,8,11-13H,2,4-6,9-10H2,1H3,(H,20,21,22). The highest BCUT2D eigenvalue weighted by Gasteiger charge is 2.39. The Morgan fingerprint density at radius 1 is 1.32 bits per heavy atom. The normalized spacial score (nSPS) is 17.6. The second-order valence-corrected chi connectivity index (χ2v) is 9.25. The monoisotopic (exact) mass is 399 g/mol. The van der Waals surface area contributed by atoms with Crippen LogP contribution in [0, 0.1) is 11.3 Å². The third kappa shape index (κ3) is 3.06. The van der Waals surface area contributed by atoms with E-state index < -0.39 is 15.6 Å². The van der Waals surface area contributed by atoms with E-state index in [-0.39, 0.29) is 12.2 Å². The first-order chi connectivity index (χ1) is 13.5. The first-order valence-corrected chi connectivity index (χ1v) is 10.8. The van der Waals surface area contributed by atoms with E-state index in [9.17, 15) is 13.7 Å². The Morgan fingerprint density at radius 3 is 2.82 bits per heavy atom. The minimum atomic E-state index is -3.22. The molecule has 0 aromatic carbocycles. The van der Waals surface area contributed by atoms with E-state index in [2.05, 4.69) is 26.1 Å². The summed E-state index contributed by atoms with van der Waals surface area (Å²) < 4.78 is 27.7. The van der Waals surface area contributed by atoms with Gasteiger partial charge in [-0.3, -0.25) is 4.68 Å². The van der Waals surface area contributed by atoms with Gasteiger partial charge in [0.25, 0.3) is 0 Å². The summed E-state index contributed by atoms with van der Waals surface area (Å²) >= 11 is 0. The Hall–Kier alpha value is -2.77. The van der Waals surface area contributed by atoms with Crippen molar-refractivity contribution in [2.75, 3.05) is 18.8 Å². The first-order valence-electron chi connectivity index (χ1n) is 9.17. The van der Waals surface area contributed by atoms with Crippen LogP contribution in [0.4, 0.5) is 0 Å². The van der Waals surface area contributed by atoms with Crippen LogP contribution in [-0.2, 0) is 15.6 Å². The van der Waals surface area contributed by atoms with E-state index in [1.165, 1.54) is 10.6 Å².